The second kappa shape index (κ2) is 10.1. The van der Waals surface area contributed by atoms with Crippen molar-refractivity contribution in [1.82, 2.24) is 0 Å². The van der Waals surface area contributed by atoms with Crippen LogP contribution >= 0.6 is 0 Å². The number of rotatable bonds is 0. The fourth-order valence-electron chi connectivity index (χ4n) is 0.385. The van der Waals surface area contributed by atoms with Gasteiger partial charge in [0.25, 0.3) is 0 Å². The highest BCUT2D eigenvalue weighted by molar-refractivity contribution is 7.79. The van der Waals surface area contributed by atoms with Crippen molar-refractivity contribution in [2.45, 2.75) is 6.92 Å². The summed E-state index contributed by atoms with van der Waals surface area (Å²) in [5.41, 5.74) is 0. The molecule has 0 fully saturated rings. The van der Waals surface area contributed by atoms with Crippen LogP contribution in [0.3, 0.4) is 0 Å². The van der Waals surface area contributed by atoms with Gasteiger partial charge in [-0.2, -0.15) is 8.42 Å². The Balaban J connectivity index is 0. The zero-order valence-electron chi connectivity index (χ0n) is 7.74. The summed E-state index contributed by atoms with van der Waals surface area (Å²) >= 11 is 0. The number of aliphatic hydroxyl groups is 1. The third-order valence-corrected chi connectivity index (χ3v) is 0.667. The van der Waals surface area contributed by atoms with Crippen LogP contribution in [0.25, 0.3) is 0 Å². The first-order valence-corrected chi connectivity index (χ1v) is 5.12. The van der Waals surface area contributed by atoms with Crippen molar-refractivity contribution in [3.63, 3.8) is 0 Å². The molecule has 0 aromatic heterocycles. The van der Waals surface area contributed by atoms with Gasteiger partial charge in [-0.05, 0) is 6.92 Å². The van der Waals surface area contributed by atoms with E-state index >= 15 is 0 Å². The van der Waals surface area contributed by atoms with Crippen LogP contribution in [0.1, 0.15) is 6.92 Å². The second-order valence-corrected chi connectivity index (χ2v) is 2.81. The molecule has 1 aromatic carbocycles. The van der Waals surface area contributed by atoms with Crippen LogP contribution in [0.5, 0.6) is 0 Å². The van der Waals surface area contributed by atoms with E-state index in [4.69, 9.17) is 22.6 Å². The molecule has 14 heavy (non-hydrogen) atoms. The van der Waals surface area contributed by atoms with Gasteiger partial charge in [-0.15, -0.1) is 0 Å². The molecule has 0 radical (unpaired) electrons. The minimum atomic E-state index is -4.67. The van der Waals surface area contributed by atoms with Crippen LogP contribution in [0.2, 0.25) is 0 Å². The normalized spacial score (nSPS) is 8.86. The van der Waals surface area contributed by atoms with E-state index in [2.05, 4.69) is 0 Å². The van der Waals surface area contributed by atoms with Crippen LogP contribution < -0.4 is 0 Å². The van der Waals surface area contributed by atoms with Gasteiger partial charge in [-0.25, -0.2) is 0 Å². The van der Waals surface area contributed by atoms with Gasteiger partial charge in [0.2, 0.25) is 0 Å². The Hall–Kier alpha value is -0.950. The minimum Gasteiger partial charge on any atom is -0.397 e. The molecular formula is C8H14O5S. The molecule has 0 aliphatic rings. The lowest BCUT2D eigenvalue weighted by Gasteiger charge is -1.69. The summed E-state index contributed by atoms with van der Waals surface area (Å²) in [5.74, 6) is 0. The van der Waals surface area contributed by atoms with Crippen LogP contribution in [-0.2, 0) is 10.4 Å². The SMILES string of the molecule is CCO.O=S(=O)(O)O.c1ccccc1. The zero-order valence-corrected chi connectivity index (χ0v) is 8.55. The topological polar surface area (TPSA) is 94.8 Å². The van der Waals surface area contributed by atoms with Crippen LogP contribution in [-0.4, -0.2) is 29.2 Å². The van der Waals surface area contributed by atoms with Crippen LogP contribution in [0.4, 0.5) is 0 Å². The Kier molecular flexibility index (Phi) is 11.2. The summed E-state index contributed by atoms with van der Waals surface area (Å²) in [4.78, 5) is 0. The van der Waals surface area contributed by atoms with Crippen LogP contribution in [0.15, 0.2) is 36.4 Å². The van der Waals surface area contributed by atoms with Gasteiger partial charge in [-0.1, -0.05) is 36.4 Å². The van der Waals surface area contributed by atoms with E-state index in [9.17, 15) is 0 Å². The predicted octanol–water partition coefficient (Wildman–Crippen LogP) is 1.03. The quantitative estimate of drug-likeness (QED) is 0.570. The highest BCUT2D eigenvalue weighted by atomic mass is 32.3. The highest BCUT2D eigenvalue weighted by Crippen LogP contribution is 1.79. The molecule has 0 aliphatic carbocycles. The molecule has 1 aromatic rings. The average Bonchev–Trinajstić information content (AvgIpc) is 2.06. The molecule has 0 saturated carbocycles. The first-order chi connectivity index (χ1) is 6.41. The standard InChI is InChI=1S/C6H6.C2H6O.H2O4S/c1-2-4-6-5-3-1;1-2-3;1-5(2,3)4/h1-6H;3H,2H2,1H3;(H2,1,2,3,4). The zero-order chi connectivity index (χ0) is 11.4. The van der Waals surface area contributed by atoms with Crippen LogP contribution in [0, 0.1) is 0 Å². The lowest BCUT2D eigenvalue weighted by Crippen LogP contribution is -1.89. The Morgan fingerprint density at radius 2 is 1.00 bits per heavy atom. The number of benzene rings is 1. The van der Waals surface area contributed by atoms with Gasteiger partial charge in [0, 0.05) is 6.61 Å². The fraction of sp³-hybridized carbons (Fsp3) is 0.250. The highest BCUT2D eigenvalue weighted by Gasteiger charge is 1.84. The van der Waals surface area contributed by atoms with E-state index in [1.54, 1.807) is 6.92 Å². The summed E-state index contributed by atoms with van der Waals surface area (Å²) in [6.45, 7) is 1.93. The van der Waals surface area contributed by atoms with E-state index in [1.807, 2.05) is 36.4 Å². The molecular weight excluding hydrogens is 208 g/mol. The molecule has 5 nitrogen and oxygen atoms in total. The van der Waals surface area contributed by atoms with Gasteiger partial charge in [0.1, 0.15) is 0 Å². The molecule has 6 heteroatoms. The van der Waals surface area contributed by atoms with Crippen molar-refractivity contribution in [2.24, 2.45) is 0 Å². The summed E-state index contributed by atoms with van der Waals surface area (Å²) in [6, 6.07) is 12.0. The molecule has 1 rings (SSSR count). The molecule has 0 bridgehead atoms. The number of hydrogen-bond donors (Lipinski definition) is 3. The molecule has 0 aliphatic heterocycles. The van der Waals surface area contributed by atoms with Gasteiger partial charge >= 0.3 is 10.4 Å². The number of hydrogen-bond acceptors (Lipinski definition) is 3. The molecule has 0 spiro atoms. The minimum absolute atomic E-state index is 0.250. The van der Waals surface area contributed by atoms with Gasteiger partial charge < -0.3 is 5.11 Å². The summed E-state index contributed by atoms with van der Waals surface area (Å²) < 4.78 is 31.6. The largest absolute Gasteiger partial charge is 0.397 e. The first-order valence-electron chi connectivity index (χ1n) is 3.72. The van der Waals surface area contributed by atoms with Gasteiger partial charge in [0.05, 0.1) is 0 Å². The number of aliphatic hydroxyl groups excluding tert-OH is 1. The maximum Gasteiger partial charge on any atom is 0.394 e. The molecule has 82 valence electrons. The van der Waals surface area contributed by atoms with Crippen molar-refractivity contribution in [2.75, 3.05) is 6.61 Å². The molecule has 0 heterocycles. The third-order valence-electron chi connectivity index (χ3n) is 0.667. The lowest BCUT2D eigenvalue weighted by atomic mass is 10.4. The van der Waals surface area contributed by atoms with E-state index in [1.165, 1.54) is 0 Å². The third kappa shape index (κ3) is 43.8. The van der Waals surface area contributed by atoms with E-state index < -0.39 is 10.4 Å². The average molecular weight is 222 g/mol. The van der Waals surface area contributed by atoms with Gasteiger partial charge in [-0.3, -0.25) is 9.11 Å². The smallest absolute Gasteiger partial charge is 0.394 e. The van der Waals surface area contributed by atoms with Crippen molar-refractivity contribution >= 4 is 10.4 Å². The van der Waals surface area contributed by atoms with E-state index in [-0.39, 0.29) is 6.61 Å². The Labute approximate surface area is 83.6 Å². The predicted molar refractivity (Wildman–Crippen MR) is 53.4 cm³/mol. The first kappa shape index (κ1) is 15.5. The maximum atomic E-state index is 8.74. The van der Waals surface area contributed by atoms with Gasteiger partial charge in [0.15, 0.2) is 0 Å². The molecule has 0 saturated heterocycles. The second-order valence-electron chi connectivity index (χ2n) is 1.92. The summed E-state index contributed by atoms with van der Waals surface area (Å²) in [6.07, 6.45) is 0. The molecule has 3 N–H and O–H groups in total. The van der Waals surface area contributed by atoms with Crippen molar-refractivity contribution in [3.05, 3.63) is 36.4 Å². The van der Waals surface area contributed by atoms with E-state index in [0.29, 0.717) is 0 Å². The molecule has 0 atom stereocenters. The van der Waals surface area contributed by atoms with Crippen molar-refractivity contribution in [3.8, 4) is 0 Å². The fourth-order valence-corrected chi connectivity index (χ4v) is 0.385. The molecule has 0 amide bonds. The monoisotopic (exact) mass is 222 g/mol. The lowest BCUT2D eigenvalue weighted by molar-refractivity contribution is 0.318. The van der Waals surface area contributed by atoms with Crippen molar-refractivity contribution < 1.29 is 22.6 Å². The van der Waals surface area contributed by atoms with Crippen molar-refractivity contribution in [1.29, 1.82) is 0 Å². The molecule has 0 unspecified atom stereocenters. The summed E-state index contributed by atoms with van der Waals surface area (Å²) in [5, 5.41) is 7.57. The van der Waals surface area contributed by atoms with E-state index in [0.717, 1.165) is 0 Å². The summed E-state index contributed by atoms with van der Waals surface area (Å²) in [7, 11) is -4.67. The Morgan fingerprint density at radius 1 is 0.929 bits per heavy atom. The Bertz CT molecular complexity index is 247. The Morgan fingerprint density at radius 3 is 1.07 bits per heavy atom. The maximum absolute atomic E-state index is 8.74.